The highest BCUT2D eigenvalue weighted by Gasteiger charge is 2.11. The number of halogens is 1. The van der Waals surface area contributed by atoms with Gasteiger partial charge in [-0.25, -0.2) is 5.43 Å². The number of hydrogen-bond donors (Lipinski definition) is 1. The molecular formula is C17H13ClN6. The fourth-order valence-corrected chi connectivity index (χ4v) is 2.80. The Kier molecular flexibility index (Phi) is 3.59. The molecule has 0 fully saturated rings. The summed E-state index contributed by atoms with van der Waals surface area (Å²) in [5, 5.41) is 14.2. The standard InChI is InChI=1S/C17H13ClN6/c1-24-14-8-3-2-7-13(14)15-16(24)20-17(23-21-15)22-19-10-11-5-4-6-12(18)9-11/h2-10H,1H3,(H,20,22,23)/b19-10-. The van der Waals surface area contributed by atoms with E-state index in [2.05, 4.69) is 25.7 Å². The minimum absolute atomic E-state index is 0.340. The van der Waals surface area contributed by atoms with Gasteiger partial charge in [0.15, 0.2) is 5.65 Å². The maximum Gasteiger partial charge on any atom is 0.265 e. The van der Waals surface area contributed by atoms with Gasteiger partial charge >= 0.3 is 0 Å². The molecule has 2 aromatic carbocycles. The third-order valence-electron chi connectivity index (χ3n) is 3.73. The van der Waals surface area contributed by atoms with Crippen molar-refractivity contribution >= 4 is 45.8 Å². The number of anilines is 1. The molecule has 4 aromatic rings. The maximum atomic E-state index is 5.94. The van der Waals surface area contributed by atoms with Gasteiger partial charge in [-0.05, 0) is 23.8 Å². The van der Waals surface area contributed by atoms with Crippen LogP contribution in [-0.2, 0) is 7.05 Å². The summed E-state index contributed by atoms with van der Waals surface area (Å²) in [6.07, 6.45) is 1.65. The second kappa shape index (κ2) is 5.90. The molecule has 0 bridgehead atoms. The summed E-state index contributed by atoms with van der Waals surface area (Å²) in [4.78, 5) is 4.50. The Labute approximate surface area is 142 Å². The van der Waals surface area contributed by atoms with Gasteiger partial charge in [0.25, 0.3) is 5.95 Å². The molecule has 24 heavy (non-hydrogen) atoms. The average Bonchev–Trinajstić information content (AvgIpc) is 2.88. The van der Waals surface area contributed by atoms with Crippen molar-refractivity contribution in [2.45, 2.75) is 0 Å². The number of benzene rings is 2. The van der Waals surface area contributed by atoms with E-state index in [0.29, 0.717) is 11.0 Å². The number of aromatic nitrogens is 4. The fourth-order valence-electron chi connectivity index (χ4n) is 2.61. The van der Waals surface area contributed by atoms with Crippen LogP contribution in [0.25, 0.3) is 22.1 Å². The van der Waals surface area contributed by atoms with E-state index in [0.717, 1.165) is 27.6 Å². The van der Waals surface area contributed by atoms with Gasteiger partial charge in [-0.3, -0.25) is 0 Å². The maximum absolute atomic E-state index is 5.94. The summed E-state index contributed by atoms with van der Waals surface area (Å²) < 4.78 is 1.99. The lowest BCUT2D eigenvalue weighted by Gasteiger charge is -1.99. The monoisotopic (exact) mass is 336 g/mol. The van der Waals surface area contributed by atoms with Crippen LogP contribution < -0.4 is 5.43 Å². The summed E-state index contributed by atoms with van der Waals surface area (Å²) >= 11 is 5.94. The van der Waals surface area contributed by atoms with Crippen LogP contribution in [0.4, 0.5) is 5.95 Å². The highest BCUT2D eigenvalue weighted by Crippen LogP contribution is 2.24. The molecule has 6 nitrogen and oxygen atoms in total. The molecule has 0 aliphatic carbocycles. The predicted molar refractivity (Wildman–Crippen MR) is 96.5 cm³/mol. The Morgan fingerprint density at radius 3 is 2.88 bits per heavy atom. The van der Waals surface area contributed by atoms with Crippen LogP contribution in [-0.4, -0.2) is 26.0 Å². The molecule has 118 valence electrons. The van der Waals surface area contributed by atoms with Crippen LogP contribution >= 0.6 is 11.6 Å². The molecule has 0 unspecified atom stereocenters. The van der Waals surface area contributed by atoms with Crippen molar-refractivity contribution in [1.29, 1.82) is 0 Å². The molecule has 0 saturated heterocycles. The van der Waals surface area contributed by atoms with Crippen molar-refractivity contribution in [3.8, 4) is 0 Å². The number of nitrogens with zero attached hydrogens (tertiary/aromatic N) is 5. The first-order valence-electron chi connectivity index (χ1n) is 7.35. The highest BCUT2D eigenvalue weighted by molar-refractivity contribution is 6.30. The van der Waals surface area contributed by atoms with Crippen molar-refractivity contribution in [3.05, 3.63) is 59.1 Å². The van der Waals surface area contributed by atoms with Crippen LogP contribution in [0.1, 0.15) is 5.56 Å². The van der Waals surface area contributed by atoms with Gasteiger partial charge < -0.3 is 4.57 Å². The van der Waals surface area contributed by atoms with Crippen molar-refractivity contribution in [2.24, 2.45) is 12.1 Å². The number of nitrogens with one attached hydrogen (secondary N) is 1. The first-order valence-corrected chi connectivity index (χ1v) is 7.72. The molecule has 0 amide bonds. The minimum atomic E-state index is 0.340. The first kappa shape index (κ1) is 14.6. The topological polar surface area (TPSA) is 68.0 Å². The van der Waals surface area contributed by atoms with E-state index < -0.39 is 0 Å². The summed E-state index contributed by atoms with van der Waals surface area (Å²) in [5.74, 6) is 0.340. The normalized spacial score (nSPS) is 11.6. The van der Waals surface area contributed by atoms with Gasteiger partial charge in [0, 0.05) is 17.5 Å². The van der Waals surface area contributed by atoms with Gasteiger partial charge in [-0.2, -0.15) is 10.1 Å². The van der Waals surface area contributed by atoms with E-state index in [-0.39, 0.29) is 0 Å². The number of hydrogen-bond acceptors (Lipinski definition) is 5. The summed E-state index contributed by atoms with van der Waals surface area (Å²) in [6.45, 7) is 0. The van der Waals surface area contributed by atoms with Gasteiger partial charge in [0.1, 0.15) is 5.52 Å². The van der Waals surface area contributed by atoms with Gasteiger partial charge in [-0.15, -0.1) is 10.2 Å². The molecule has 0 saturated carbocycles. The molecule has 4 rings (SSSR count). The predicted octanol–water partition coefficient (Wildman–Crippen LogP) is 3.62. The molecule has 0 radical (unpaired) electrons. The lowest BCUT2D eigenvalue weighted by atomic mass is 10.2. The van der Waals surface area contributed by atoms with E-state index in [4.69, 9.17) is 11.6 Å². The number of hydrazone groups is 1. The summed E-state index contributed by atoms with van der Waals surface area (Å²) in [7, 11) is 1.96. The SMILES string of the molecule is Cn1c2ccccc2c2nnc(N/N=C\c3cccc(Cl)c3)nc21. The largest absolute Gasteiger partial charge is 0.327 e. The molecule has 1 N–H and O–H groups in total. The smallest absolute Gasteiger partial charge is 0.265 e. The Bertz CT molecular complexity index is 1070. The third-order valence-corrected chi connectivity index (χ3v) is 3.97. The number of fused-ring (bicyclic) bond motifs is 3. The van der Waals surface area contributed by atoms with Crippen LogP contribution in [0.15, 0.2) is 53.6 Å². The Hall–Kier alpha value is -2.99. The molecule has 7 heteroatoms. The van der Waals surface area contributed by atoms with Crippen LogP contribution in [0.3, 0.4) is 0 Å². The molecule has 2 aromatic heterocycles. The third kappa shape index (κ3) is 2.57. The van der Waals surface area contributed by atoms with E-state index in [1.807, 2.05) is 60.1 Å². The van der Waals surface area contributed by atoms with E-state index in [9.17, 15) is 0 Å². The van der Waals surface area contributed by atoms with E-state index in [1.165, 1.54) is 0 Å². The van der Waals surface area contributed by atoms with Crippen LogP contribution in [0, 0.1) is 0 Å². The lowest BCUT2D eigenvalue weighted by molar-refractivity contribution is 0.949. The Balaban J connectivity index is 1.66. The van der Waals surface area contributed by atoms with Crippen molar-refractivity contribution in [2.75, 3.05) is 5.43 Å². The number of para-hydroxylation sites is 1. The van der Waals surface area contributed by atoms with Crippen molar-refractivity contribution < 1.29 is 0 Å². The van der Waals surface area contributed by atoms with Crippen LogP contribution in [0.5, 0.6) is 0 Å². The molecule has 0 aliphatic heterocycles. The van der Waals surface area contributed by atoms with E-state index >= 15 is 0 Å². The zero-order chi connectivity index (χ0) is 16.5. The second-order valence-corrected chi connectivity index (χ2v) is 5.75. The zero-order valence-corrected chi connectivity index (χ0v) is 13.6. The summed E-state index contributed by atoms with van der Waals surface area (Å²) in [5.41, 5.74) is 6.28. The van der Waals surface area contributed by atoms with E-state index in [1.54, 1.807) is 6.21 Å². The Morgan fingerprint density at radius 2 is 2.00 bits per heavy atom. The Morgan fingerprint density at radius 1 is 1.12 bits per heavy atom. The number of rotatable bonds is 3. The first-order chi connectivity index (χ1) is 11.7. The molecule has 0 aliphatic rings. The summed E-state index contributed by atoms with van der Waals surface area (Å²) in [6, 6.07) is 15.4. The fraction of sp³-hybridized carbons (Fsp3) is 0.0588. The second-order valence-electron chi connectivity index (χ2n) is 5.31. The quantitative estimate of drug-likeness (QED) is 0.458. The molecule has 2 heterocycles. The van der Waals surface area contributed by atoms with Crippen molar-refractivity contribution in [3.63, 3.8) is 0 Å². The van der Waals surface area contributed by atoms with Gasteiger partial charge in [-0.1, -0.05) is 41.9 Å². The van der Waals surface area contributed by atoms with Crippen molar-refractivity contribution in [1.82, 2.24) is 19.7 Å². The zero-order valence-electron chi connectivity index (χ0n) is 12.8. The molecule has 0 spiro atoms. The van der Waals surface area contributed by atoms with Gasteiger partial charge in [0.05, 0.1) is 11.7 Å². The molecular weight excluding hydrogens is 324 g/mol. The average molecular weight is 337 g/mol. The molecule has 0 atom stereocenters. The minimum Gasteiger partial charge on any atom is -0.327 e. The van der Waals surface area contributed by atoms with Gasteiger partial charge in [0.2, 0.25) is 0 Å². The lowest BCUT2D eigenvalue weighted by Crippen LogP contribution is -2.00. The van der Waals surface area contributed by atoms with Crippen LogP contribution in [0.2, 0.25) is 5.02 Å². The highest BCUT2D eigenvalue weighted by atomic mass is 35.5. The number of aryl methyl sites for hydroxylation is 1.